The van der Waals surface area contributed by atoms with E-state index < -0.39 is 5.97 Å². The van der Waals surface area contributed by atoms with Gasteiger partial charge in [-0.05, 0) is 20.3 Å². The highest BCUT2D eigenvalue weighted by atomic mass is 16.4. The number of hydrogen-bond acceptors (Lipinski definition) is 5. The smallest absolute Gasteiger partial charge is 0.320 e. The normalized spacial score (nSPS) is 19.1. The van der Waals surface area contributed by atoms with Crippen molar-refractivity contribution in [3.8, 4) is 0 Å². The molecule has 1 saturated heterocycles. The van der Waals surface area contributed by atoms with E-state index in [1.807, 2.05) is 25.7 Å². The highest BCUT2D eigenvalue weighted by Crippen LogP contribution is 2.14. The van der Waals surface area contributed by atoms with Crippen LogP contribution in [0.1, 0.15) is 30.7 Å². The Bertz CT molecular complexity index is 445. The van der Waals surface area contributed by atoms with Gasteiger partial charge in [0.2, 0.25) is 5.89 Å². The van der Waals surface area contributed by atoms with Crippen LogP contribution in [0.25, 0.3) is 0 Å². The van der Waals surface area contributed by atoms with Crippen molar-refractivity contribution in [2.75, 3.05) is 26.2 Å². The lowest BCUT2D eigenvalue weighted by Crippen LogP contribution is -2.52. The summed E-state index contributed by atoms with van der Waals surface area (Å²) in [6, 6.07) is -0.358. The van der Waals surface area contributed by atoms with E-state index in [0.29, 0.717) is 13.0 Å². The second-order valence-corrected chi connectivity index (χ2v) is 5.32. The molecule has 2 heterocycles. The van der Waals surface area contributed by atoms with Crippen LogP contribution in [0.15, 0.2) is 4.42 Å². The number of aromatic nitrogens is 1. The van der Waals surface area contributed by atoms with Gasteiger partial charge < -0.3 is 9.52 Å². The largest absolute Gasteiger partial charge is 0.480 e. The summed E-state index contributed by atoms with van der Waals surface area (Å²) < 4.78 is 5.59. The molecule has 0 spiro atoms. The summed E-state index contributed by atoms with van der Waals surface area (Å²) in [5, 5.41) is 9.18. The van der Waals surface area contributed by atoms with Crippen molar-refractivity contribution in [3.05, 3.63) is 17.3 Å². The summed E-state index contributed by atoms with van der Waals surface area (Å²) in [5.41, 5.74) is 0.940. The van der Waals surface area contributed by atoms with Crippen molar-refractivity contribution in [2.24, 2.45) is 0 Å². The first-order valence-electron chi connectivity index (χ1n) is 7.13. The second-order valence-electron chi connectivity index (χ2n) is 5.32. The Morgan fingerprint density at radius 1 is 1.35 bits per heavy atom. The minimum absolute atomic E-state index is 0.358. The zero-order chi connectivity index (χ0) is 14.7. The molecule has 112 valence electrons. The standard InChI is InChI=1S/C14H23N3O3/c1-4-12(14(18)19)17-7-5-16(6-8-17)9-13-15-10(2)11(3)20-13/h12H,4-9H2,1-3H3,(H,18,19). The van der Waals surface area contributed by atoms with E-state index in [1.54, 1.807) is 0 Å². The van der Waals surface area contributed by atoms with Crippen LogP contribution in [0, 0.1) is 13.8 Å². The van der Waals surface area contributed by atoms with E-state index in [-0.39, 0.29) is 6.04 Å². The number of piperazine rings is 1. The summed E-state index contributed by atoms with van der Waals surface area (Å²) in [7, 11) is 0. The van der Waals surface area contributed by atoms with Crippen LogP contribution in [0.5, 0.6) is 0 Å². The monoisotopic (exact) mass is 281 g/mol. The molecule has 6 heteroatoms. The molecule has 6 nitrogen and oxygen atoms in total. The average Bonchev–Trinajstić information content (AvgIpc) is 2.71. The molecule has 0 aliphatic carbocycles. The fourth-order valence-corrected chi connectivity index (χ4v) is 2.62. The Labute approximate surface area is 119 Å². The maximum Gasteiger partial charge on any atom is 0.320 e. The van der Waals surface area contributed by atoms with Gasteiger partial charge in [0.05, 0.1) is 12.2 Å². The topological polar surface area (TPSA) is 69.8 Å². The Balaban J connectivity index is 1.86. The Kier molecular flexibility index (Phi) is 4.77. The number of carbonyl (C=O) groups is 1. The number of carboxylic acid groups (broad SMARTS) is 1. The second kappa shape index (κ2) is 6.37. The fraction of sp³-hybridized carbons (Fsp3) is 0.714. The van der Waals surface area contributed by atoms with Crippen molar-refractivity contribution in [1.82, 2.24) is 14.8 Å². The first-order chi connectivity index (χ1) is 9.51. The van der Waals surface area contributed by atoms with Gasteiger partial charge in [0.25, 0.3) is 0 Å². The van der Waals surface area contributed by atoms with Gasteiger partial charge >= 0.3 is 5.97 Å². The minimum atomic E-state index is -0.722. The molecule has 1 atom stereocenters. The molecule has 2 rings (SSSR count). The molecular weight excluding hydrogens is 258 g/mol. The average molecular weight is 281 g/mol. The van der Waals surface area contributed by atoms with E-state index in [0.717, 1.165) is 43.5 Å². The van der Waals surface area contributed by atoms with Crippen LogP contribution in [-0.2, 0) is 11.3 Å². The van der Waals surface area contributed by atoms with Gasteiger partial charge in [0.15, 0.2) is 0 Å². The van der Waals surface area contributed by atoms with Crippen LogP contribution < -0.4 is 0 Å². The van der Waals surface area contributed by atoms with Crippen molar-refractivity contribution in [1.29, 1.82) is 0 Å². The Morgan fingerprint density at radius 2 is 2.00 bits per heavy atom. The lowest BCUT2D eigenvalue weighted by molar-refractivity contribution is -0.144. The van der Waals surface area contributed by atoms with Gasteiger partial charge in [-0.25, -0.2) is 4.98 Å². The molecule has 1 unspecified atom stereocenters. The maximum absolute atomic E-state index is 11.2. The van der Waals surface area contributed by atoms with Gasteiger partial charge in [-0.2, -0.15) is 0 Å². The quantitative estimate of drug-likeness (QED) is 0.876. The third-order valence-corrected chi connectivity index (χ3v) is 3.95. The SMILES string of the molecule is CCC(C(=O)O)N1CCN(Cc2nc(C)c(C)o2)CC1. The molecule has 1 aliphatic rings. The summed E-state index contributed by atoms with van der Waals surface area (Å²) >= 11 is 0. The third-order valence-electron chi connectivity index (χ3n) is 3.95. The molecule has 1 aliphatic heterocycles. The summed E-state index contributed by atoms with van der Waals surface area (Å²) in [4.78, 5) is 19.9. The zero-order valence-electron chi connectivity index (χ0n) is 12.4. The molecular formula is C14H23N3O3. The number of hydrogen-bond donors (Lipinski definition) is 1. The van der Waals surface area contributed by atoms with Gasteiger partial charge in [-0.1, -0.05) is 6.92 Å². The molecule has 1 aromatic heterocycles. The van der Waals surface area contributed by atoms with Crippen molar-refractivity contribution < 1.29 is 14.3 Å². The molecule has 1 fully saturated rings. The molecule has 0 bridgehead atoms. The molecule has 0 saturated carbocycles. The van der Waals surface area contributed by atoms with Crippen LogP contribution in [-0.4, -0.2) is 58.1 Å². The van der Waals surface area contributed by atoms with Gasteiger partial charge in [0.1, 0.15) is 11.8 Å². The summed E-state index contributed by atoms with van der Waals surface area (Å²) in [6.45, 7) is 9.75. The van der Waals surface area contributed by atoms with Crippen molar-refractivity contribution >= 4 is 5.97 Å². The number of oxazole rings is 1. The number of aliphatic carboxylic acids is 1. The molecule has 20 heavy (non-hydrogen) atoms. The van der Waals surface area contributed by atoms with Crippen LogP contribution in [0.4, 0.5) is 0 Å². The fourth-order valence-electron chi connectivity index (χ4n) is 2.62. The first kappa shape index (κ1) is 15.0. The van der Waals surface area contributed by atoms with Gasteiger partial charge in [0, 0.05) is 26.2 Å². The highest BCUT2D eigenvalue weighted by molar-refractivity contribution is 5.73. The Morgan fingerprint density at radius 3 is 2.45 bits per heavy atom. The lowest BCUT2D eigenvalue weighted by Gasteiger charge is -2.36. The predicted molar refractivity (Wildman–Crippen MR) is 74.5 cm³/mol. The molecule has 0 aromatic carbocycles. The number of nitrogens with zero attached hydrogens (tertiary/aromatic N) is 3. The lowest BCUT2D eigenvalue weighted by atomic mass is 10.1. The zero-order valence-corrected chi connectivity index (χ0v) is 12.4. The molecule has 0 amide bonds. The molecule has 1 N–H and O–H groups in total. The van der Waals surface area contributed by atoms with Crippen molar-refractivity contribution in [2.45, 2.75) is 39.8 Å². The molecule has 1 aromatic rings. The summed E-state index contributed by atoms with van der Waals surface area (Å²) in [5.74, 6) is 0.897. The van der Waals surface area contributed by atoms with E-state index in [4.69, 9.17) is 4.42 Å². The third kappa shape index (κ3) is 3.37. The highest BCUT2D eigenvalue weighted by Gasteiger charge is 2.27. The van der Waals surface area contributed by atoms with Gasteiger partial charge in [-0.3, -0.25) is 14.6 Å². The summed E-state index contributed by atoms with van der Waals surface area (Å²) in [6.07, 6.45) is 0.646. The van der Waals surface area contributed by atoms with E-state index >= 15 is 0 Å². The molecule has 0 radical (unpaired) electrons. The minimum Gasteiger partial charge on any atom is -0.480 e. The van der Waals surface area contributed by atoms with Gasteiger partial charge in [-0.15, -0.1) is 0 Å². The van der Waals surface area contributed by atoms with Crippen LogP contribution in [0.2, 0.25) is 0 Å². The van der Waals surface area contributed by atoms with Crippen LogP contribution in [0.3, 0.4) is 0 Å². The number of carboxylic acids is 1. The predicted octanol–water partition coefficient (Wildman–Crippen LogP) is 1.27. The number of aryl methyl sites for hydroxylation is 2. The van der Waals surface area contributed by atoms with E-state index in [2.05, 4.69) is 9.88 Å². The van der Waals surface area contributed by atoms with E-state index in [9.17, 15) is 9.90 Å². The first-order valence-corrected chi connectivity index (χ1v) is 7.13. The number of rotatable bonds is 5. The maximum atomic E-state index is 11.2. The Hall–Kier alpha value is -1.40. The van der Waals surface area contributed by atoms with Crippen LogP contribution >= 0.6 is 0 Å². The van der Waals surface area contributed by atoms with E-state index in [1.165, 1.54) is 0 Å². The van der Waals surface area contributed by atoms with Crippen molar-refractivity contribution in [3.63, 3.8) is 0 Å².